The molecule has 0 amide bonds. The number of rotatable bonds is 8. The van der Waals surface area contributed by atoms with Crippen molar-refractivity contribution in [2.45, 2.75) is 61.3 Å². The van der Waals surface area contributed by atoms with Gasteiger partial charge in [-0.3, -0.25) is 14.4 Å². The second-order valence-corrected chi connectivity index (χ2v) is 7.02. The monoisotopic (exact) mass is 419 g/mol. The molecule has 0 aliphatic rings. The molecule has 0 saturated carbocycles. The van der Waals surface area contributed by atoms with Gasteiger partial charge in [0.25, 0.3) is 0 Å². The summed E-state index contributed by atoms with van der Waals surface area (Å²) in [6.45, 7) is 11.6. The number of carbonyl (C=O) groups is 3. The normalized spacial score (nSPS) is 14.0. The van der Waals surface area contributed by atoms with Crippen molar-refractivity contribution in [2.75, 3.05) is 13.9 Å². The number of esters is 3. The van der Waals surface area contributed by atoms with E-state index in [0.717, 1.165) is 0 Å². The van der Waals surface area contributed by atoms with Crippen LogP contribution in [0.15, 0.2) is 0 Å². The Labute approximate surface area is 170 Å². The van der Waals surface area contributed by atoms with Crippen molar-refractivity contribution in [1.29, 1.82) is 0 Å². The van der Waals surface area contributed by atoms with Gasteiger partial charge in [0.1, 0.15) is 0 Å². The Balaban J connectivity index is 0. The first kappa shape index (κ1) is 25.8. The van der Waals surface area contributed by atoms with E-state index in [1.165, 1.54) is 7.11 Å². The van der Waals surface area contributed by atoms with Crippen LogP contribution in [0.1, 0.15) is 61.3 Å². The number of ether oxygens (including phenoxy) is 3. The molecule has 7 heteroatoms. The largest absolute Gasteiger partial charge is 0.469 e. The molecule has 0 bridgehead atoms. The molecule has 0 saturated heterocycles. The van der Waals surface area contributed by atoms with Crippen LogP contribution in [0.5, 0.6) is 0 Å². The van der Waals surface area contributed by atoms with E-state index >= 15 is 0 Å². The summed E-state index contributed by atoms with van der Waals surface area (Å²) in [6.07, 6.45) is 0.990. The predicted octanol–water partition coefficient (Wildman–Crippen LogP) is 3.08. The van der Waals surface area contributed by atoms with E-state index in [9.17, 15) is 14.4 Å². The summed E-state index contributed by atoms with van der Waals surface area (Å²) in [5.41, 5.74) is -2.79. The van der Waals surface area contributed by atoms with Crippen LogP contribution in [-0.2, 0) is 61.3 Å². The summed E-state index contributed by atoms with van der Waals surface area (Å²) in [5.74, 6) is -1.53. The van der Waals surface area contributed by atoms with Crippen molar-refractivity contribution in [3.8, 4) is 0 Å². The van der Waals surface area contributed by atoms with E-state index in [-0.39, 0.29) is 32.7 Å². The van der Waals surface area contributed by atoms with Gasteiger partial charge < -0.3 is 14.2 Å². The van der Waals surface area contributed by atoms with Crippen LogP contribution in [0.4, 0.5) is 0 Å². The Kier molecular flexibility index (Phi) is 10.6. The molecular weight excluding hydrogens is 389 g/mol. The molecule has 0 spiro atoms. The van der Waals surface area contributed by atoms with Gasteiger partial charge >= 0.3 is 17.9 Å². The molecule has 0 aromatic carbocycles. The zero-order valence-corrected chi connectivity index (χ0v) is 19.0. The molecule has 24 heavy (non-hydrogen) atoms. The molecule has 1 radical (unpaired) electrons. The SMILES string of the molecule is CCC(C)(C)C(=O)OCOC(=O)C(C)(CC)C(C)(C)C(=O)OC.[Y]. The summed E-state index contributed by atoms with van der Waals surface area (Å²) in [5, 5.41) is 0. The molecular formula is C17H30O6Y. The first-order valence-electron chi connectivity index (χ1n) is 7.83. The Morgan fingerprint density at radius 1 is 0.792 bits per heavy atom. The average Bonchev–Trinajstić information content (AvgIpc) is 2.52. The molecule has 0 heterocycles. The Hall–Kier alpha value is -0.486. The van der Waals surface area contributed by atoms with Gasteiger partial charge in [0.2, 0.25) is 6.79 Å². The van der Waals surface area contributed by atoms with Crippen molar-refractivity contribution in [1.82, 2.24) is 0 Å². The van der Waals surface area contributed by atoms with Crippen molar-refractivity contribution in [3.63, 3.8) is 0 Å². The van der Waals surface area contributed by atoms with Crippen LogP contribution in [-0.4, -0.2) is 31.8 Å². The van der Waals surface area contributed by atoms with E-state index in [4.69, 9.17) is 14.2 Å². The molecule has 0 aromatic heterocycles. The number of hydrogen-bond acceptors (Lipinski definition) is 6. The number of hydrogen-bond donors (Lipinski definition) is 0. The van der Waals surface area contributed by atoms with Gasteiger partial charge in [-0.05, 0) is 47.5 Å². The third-order valence-corrected chi connectivity index (χ3v) is 5.05. The van der Waals surface area contributed by atoms with Crippen LogP contribution in [0, 0.1) is 16.2 Å². The smallest absolute Gasteiger partial charge is 0.315 e. The third-order valence-electron chi connectivity index (χ3n) is 5.05. The van der Waals surface area contributed by atoms with Gasteiger partial charge in [-0.1, -0.05) is 13.8 Å². The Bertz CT molecular complexity index is 458. The fourth-order valence-corrected chi connectivity index (χ4v) is 1.96. The average molecular weight is 419 g/mol. The van der Waals surface area contributed by atoms with Gasteiger partial charge in [0.15, 0.2) is 0 Å². The fraction of sp³-hybridized carbons (Fsp3) is 0.824. The zero-order chi connectivity index (χ0) is 18.5. The predicted molar refractivity (Wildman–Crippen MR) is 85.3 cm³/mol. The van der Waals surface area contributed by atoms with E-state index in [0.29, 0.717) is 12.8 Å². The van der Waals surface area contributed by atoms with Gasteiger partial charge in [-0.2, -0.15) is 0 Å². The van der Waals surface area contributed by atoms with Gasteiger partial charge in [0.05, 0.1) is 23.4 Å². The minimum absolute atomic E-state index is 0. The molecule has 6 nitrogen and oxygen atoms in total. The van der Waals surface area contributed by atoms with Crippen molar-refractivity contribution in [2.24, 2.45) is 16.2 Å². The third kappa shape index (κ3) is 5.52. The molecule has 137 valence electrons. The van der Waals surface area contributed by atoms with Crippen LogP contribution < -0.4 is 0 Å². The molecule has 0 N–H and O–H groups in total. The summed E-state index contributed by atoms with van der Waals surface area (Å²) in [6, 6.07) is 0. The van der Waals surface area contributed by atoms with E-state index in [1.807, 2.05) is 6.92 Å². The van der Waals surface area contributed by atoms with Crippen LogP contribution in [0.2, 0.25) is 0 Å². The van der Waals surface area contributed by atoms with Crippen molar-refractivity contribution < 1.29 is 61.3 Å². The molecule has 0 aromatic rings. The van der Waals surface area contributed by atoms with E-state index < -0.39 is 40.9 Å². The van der Waals surface area contributed by atoms with Crippen LogP contribution in [0.3, 0.4) is 0 Å². The topological polar surface area (TPSA) is 78.9 Å². The van der Waals surface area contributed by atoms with Gasteiger partial charge in [0, 0.05) is 32.7 Å². The molecule has 1 unspecified atom stereocenters. The standard InChI is InChI=1S/C17H30O6.Y/c1-9-15(3,4)12(18)22-11-23-14(20)17(7,10-2)16(5,6)13(19)21-8;/h9-11H2,1-8H3;. The Morgan fingerprint density at radius 3 is 1.62 bits per heavy atom. The van der Waals surface area contributed by atoms with Crippen LogP contribution in [0.25, 0.3) is 0 Å². The minimum Gasteiger partial charge on any atom is -0.469 e. The second kappa shape index (κ2) is 9.86. The molecule has 0 rings (SSSR count). The fourth-order valence-electron chi connectivity index (χ4n) is 1.96. The number of carbonyl (C=O) groups excluding carboxylic acids is 3. The molecule has 1 atom stereocenters. The maximum absolute atomic E-state index is 12.4. The first-order chi connectivity index (χ1) is 10.4. The maximum atomic E-state index is 12.4. The quantitative estimate of drug-likeness (QED) is 0.445. The van der Waals surface area contributed by atoms with Gasteiger partial charge in [-0.25, -0.2) is 0 Å². The Morgan fingerprint density at radius 2 is 1.25 bits per heavy atom. The van der Waals surface area contributed by atoms with E-state index in [1.54, 1.807) is 41.5 Å². The minimum atomic E-state index is -1.09. The maximum Gasteiger partial charge on any atom is 0.315 e. The summed E-state index contributed by atoms with van der Waals surface area (Å²) in [7, 11) is 1.28. The molecule has 0 fully saturated rings. The molecule has 0 aliphatic carbocycles. The number of methoxy groups -OCH3 is 1. The second-order valence-electron chi connectivity index (χ2n) is 7.02. The first-order valence-corrected chi connectivity index (χ1v) is 7.83. The summed E-state index contributed by atoms with van der Waals surface area (Å²) >= 11 is 0. The molecule has 0 aliphatic heterocycles. The zero-order valence-electron chi connectivity index (χ0n) is 16.1. The van der Waals surface area contributed by atoms with E-state index in [2.05, 4.69) is 0 Å². The van der Waals surface area contributed by atoms with Gasteiger partial charge in [-0.15, -0.1) is 0 Å². The summed E-state index contributed by atoms with van der Waals surface area (Å²) < 4.78 is 14.9. The van der Waals surface area contributed by atoms with Crippen molar-refractivity contribution in [3.05, 3.63) is 0 Å². The van der Waals surface area contributed by atoms with Crippen LogP contribution >= 0.6 is 0 Å². The summed E-state index contributed by atoms with van der Waals surface area (Å²) in [4.78, 5) is 36.3. The van der Waals surface area contributed by atoms with Crippen molar-refractivity contribution >= 4 is 17.9 Å².